The van der Waals surface area contributed by atoms with Gasteiger partial charge in [0.1, 0.15) is 0 Å². The molecule has 1 saturated carbocycles. The molecule has 0 aliphatic heterocycles. The van der Waals surface area contributed by atoms with Crippen molar-refractivity contribution in [1.29, 1.82) is 0 Å². The molecule has 0 amide bonds. The van der Waals surface area contributed by atoms with Crippen molar-refractivity contribution in [2.45, 2.75) is 52.9 Å². The van der Waals surface area contributed by atoms with Gasteiger partial charge >= 0.3 is 0 Å². The average Bonchev–Trinajstić information content (AvgIpc) is 2.12. The Hall–Kier alpha value is 0. The van der Waals surface area contributed by atoms with Gasteiger partial charge in [-0.2, -0.15) is 0 Å². The number of hydrogen-bond donors (Lipinski definition) is 0. The van der Waals surface area contributed by atoms with Crippen LogP contribution in [0, 0.1) is 11.3 Å². The van der Waals surface area contributed by atoms with Crippen LogP contribution < -0.4 is 0 Å². The number of hydrogen-bond acceptors (Lipinski definition) is 0. The van der Waals surface area contributed by atoms with Crippen LogP contribution in [-0.4, -0.2) is 0 Å². The summed E-state index contributed by atoms with van der Waals surface area (Å²) in [6.45, 7) is 7.06. The molecule has 0 aromatic carbocycles. The molecule has 0 aromatic heterocycles. The molecular formula is C10H20. The summed E-state index contributed by atoms with van der Waals surface area (Å²) in [6, 6.07) is 0. The van der Waals surface area contributed by atoms with E-state index < -0.39 is 0 Å². The third kappa shape index (κ3) is 2.72. The Bertz CT molecular complexity index is 91.1. The molecule has 0 atom stereocenters. The Morgan fingerprint density at radius 3 is 2.00 bits per heavy atom. The highest BCUT2D eigenvalue weighted by atomic mass is 14.3. The topological polar surface area (TPSA) is 0 Å². The Kier molecular flexibility index (Phi) is 2.38. The third-order valence-electron chi connectivity index (χ3n) is 2.38. The first-order valence-corrected chi connectivity index (χ1v) is 4.58. The molecule has 0 spiro atoms. The van der Waals surface area contributed by atoms with Crippen LogP contribution in [0.4, 0.5) is 0 Å². The fourth-order valence-electron chi connectivity index (χ4n) is 2.08. The third-order valence-corrected chi connectivity index (χ3v) is 2.38. The molecular weight excluding hydrogens is 120 g/mol. The number of rotatable bonds is 1. The lowest BCUT2D eigenvalue weighted by Gasteiger charge is -2.22. The molecule has 1 aliphatic carbocycles. The summed E-state index contributed by atoms with van der Waals surface area (Å²) in [6.07, 6.45) is 7.41. The van der Waals surface area contributed by atoms with E-state index in [9.17, 15) is 0 Å². The average molecular weight is 140 g/mol. The van der Waals surface area contributed by atoms with Crippen molar-refractivity contribution in [3.05, 3.63) is 0 Å². The molecule has 1 aliphatic rings. The van der Waals surface area contributed by atoms with E-state index in [1.807, 2.05) is 0 Å². The van der Waals surface area contributed by atoms with Gasteiger partial charge in [-0.1, -0.05) is 46.5 Å². The van der Waals surface area contributed by atoms with Crippen LogP contribution in [0.25, 0.3) is 0 Å². The van der Waals surface area contributed by atoms with E-state index >= 15 is 0 Å². The lowest BCUT2D eigenvalue weighted by atomic mass is 9.84. The van der Waals surface area contributed by atoms with Crippen LogP contribution in [0.2, 0.25) is 0 Å². The van der Waals surface area contributed by atoms with Crippen LogP contribution >= 0.6 is 0 Å². The Morgan fingerprint density at radius 2 is 1.60 bits per heavy atom. The Balaban J connectivity index is 2.24. The summed E-state index contributed by atoms with van der Waals surface area (Å²) < 4.78 is 0. The molecule has 0 saturated heterocycles. The summed E-state index contributed by atoms with van der Waals surface area (Å²) in [5.41, 5.74) is 0.564. The van der Waals surface area contributed by atoms with Crippen molar-refractivity contribution < 1.29 is 0 Å². The van der Waals surface area contributed by atoms with Crippen LogP contribution in [-0.2, 0) is 0 Å². The van der Waals surface area contributed by atoms with Gasteiger partial charge in [-0.3, -0.25) is 0 Å². The van der Waals surface area contributed by atoms with Crippen molar-refractivity contribution in [1.82, 2.24) is 0 Å². The van der Waals surface area contributed by atoms with Crippen LogP contribution in [0.1, 0.15) is 52.9 Å². The summed E-state index contributed by atoms with van der Waals surface area (Å²) >= 11 is 0. The Labute approximate surface area is 65.0 Å². The van der Waals surface area contributed by atoms with E-state index in [2.05, 4.69) is 20.8 Å². The molecule has 10 heavy (non-hydrogen) atoms. The minimum absolute atomic E-state index is 0.564. The van der Waals surface area contributed by atoms with Crippen molar-refractivity contribution in [2.24, 2.45) is 11.3 Å². The Morgan fingerprint density at radius 1 is 1.10 bits per heavy atom. The van der Waals surface area contributed by atoms with Gasteiger partial charge in [0.25, 0.3) is 0 Å². The van der Waals surface area contributed by atoms with E-state index in [0.29, 0.717) is 5.41 Å². The van der Waals surface area contributed by atoms with Gasteiger partial charge in [-0.05, 0) is 17.8 Å². The normalized spacial score (nSPS) is 21.9. The van der Waals surface area contributed by atoms with Gasteiger partial charge < -0.3 is 0 Å². The standard InChI is InChI=1S/C10H20/c1-10(2,3)8-9-6-4-5-7-9/h9H,4-8H2,1-3H3. The molecule has 0 nitrogen and oxygen atoms in total. The lowest BCUT2D eigenvalue weighted by molar-refractivity contribution is 0.297. The molecule has 60 valence electrons. The maximum Gasteiger partial charge on any atom is -0.0380 e. The van der Waals surface area contributed by atoms with E-state index in [1.165, 1.54) is 32.1 Å². The van der Waals surface area contributed by atoms with E-state index in [1.54, 1.807) is 0 Å². The van der Waals surface area contributed by atoms with E-state index in [4.69, 9.17) is 0 Å². The fourth-order valence-corrected chi connectivity index (χ4v) is 2.08. The largest absolute Gasteiger partial charge is 0.0602 e. The van der Waals surface area contributed by atoms with Gasteiger partial charge in [-0.15, -0.1) is 0 Å². The first-order chi connectivity index (χ1) is 4.58. The second-order valence-corrected chi connectivity index (χ2v) is 4.92. The van der Waals surface area contributed by atoms with E-state index in [0.717, 1.165) is 5.92 Å². The predicted molar refractivity (Wildman–Crippen MR) is 46.0 cm³/mol. The van der Waals surface area contributed by atoms with Crippen LogP contribution in [0.5, 0.6) is 0 Å². The molecule has 0 N–H and O–H groups in total. The molecule has 0 unspecified atom stereocenters. The summed E-state index contributed by atoms with van der Waals surface area (Å²) in [7, 11) is 0. The summed E-state index contributed by atoms with van der Waals surface area (Å²) in [4.78, 5) is 0. The van der Waals surface area contributed by atoms with Crippen molar-refractivity contribution in [3.63, 3.8) is 0 Å². The van der Waals surface area contributed by atoms with Crippen molar-refractivity contribution >= 4 is 0 Å². The van der Waals surface area contributed by atoms with Gasteiger partial charge in [0, 0.05) is 0 Å². The highest BCUT2D eigenvalue weighted by Gasteiger charge is 2.21. The molecule has 0 radical (unpaired) electrons. The highest BCUT2D eigenvalue weighted by molar-refractivity contribution is 4.73. The SMILES string of the molecule is CC(C)(C)CC1CCCC1. The predicted octanol–water partition coefficient (Wildman–Crippen LogP) is 3.61. The summed E-state index contributed by atoms with van der Waals surface area (Å²) in [5, 5.41) is 0. The first kappa shape index (κ1) is 8.10. The molecule has 0 bridgehead atoms. The smallest absolute Gasteiger partial charge is 0.0380 e. The molecule has 0 heterocycles. The fraction of sp³-hybridized carbons (Fsp3) is 1.00. The quantitative estimate of drug-likeness (QED) is 0.522. The van der Waals surface area contributed by atoms with Crippen molar-refractivity contribution in [2.75, 3.05) is 0 Å². The van der Waals surface area contributed by atoms with Crippen molar-refractivity contribution in [3.8, 4) is 0 Å². The maximum absolute atomic E-state index is 2.35. The van der Waals surface area contributed by atoms with Gasteiger partial charge in [0.15, 0.2) is 0 Å². The monoisotopic (exact) mass is 140 g/mol. The zero-order valence-electron chi connectivity index (χ0n) is 7.61. The second kappa shape index (κ2) is 2.94. The minimum Gasteiger partial charge on any atom is -0.0602 e. The zero-order valence-corrected chi connectivity index (χ0v) is 7.61. The zero-order chi connectivity index (χ0) is 7.61. The molecule has 1 rings (SSSR count). The van der Waals surface area contributed by atoms with E-state index in [-0.39, 0.29) is 0 Å². The lowest BCUT2D eigenvalue weighted by Crippen LogP contribution is -2.10. The minimum atomic E-state index is 0.564. The molecule has 0 heteroatoms. The highest BCUT2D eigenvalue weighted by Crippen LogP contribution is 2.34. The molecule has 1 fully saturated rings. The second-order valence-electron chi connectivity index (χ2n) is 4.92. The molecule has 0 aromatic rings. The van der Waals surface area contributed by atoms with Gasteiger partial charge in [0.05, 0.1) is 0 Å². The maximum atomic E-state index is 2.35. The first-order valence-electron chi connectivity index (χ1n) is 4.58. The van der Waals surface area contributed by atoms with Gasteiger partial charge in [-0.25, -0.2) is 0 Å². The van der Waals surface area contributed by atoms with Crippen LogP contribution in [0.3, 0.4) is 0 Å². The van der Waals surface area contributed by atoms with Crippen LogP contribution in [0.15, 0.2) is 0 Å². The summed E-state index contributed by atoms with van der Waals surface area (Å²) in [5.74, 6) is 1.06. The van der Waals surface area contributed by atoms with Gasteiger partial charge in [0.2, 0.25) is 0 Å².